The molecule has 1 aliphatic heterocycles. The highest BCUT2D eigenvalue weighted by atomic mass is 16.6. The Labute approximate surface area is 116 Å². The summed E-state index contributed by atoms with van der Waals surface area (Å²) in [6.45, 7) is 3.25. The number of carbonyl (C=O) groups is 1. The van der Waals surface area contributed by atoms with Gasteiger partial charge in [0.25, 0.3) is 0 Å². The summed E-state index contributed by atoms with van der Waals surface area (Å²) in [6.07, 6.45) is -3.72. The number of carboxylic acid groups (broad SMARTS) is 1. The van der Waals surface area contributed by atoms with E-state index in [0.717, 1.165) is 6.21 Å². The van der Waals surface area contributed by atoms with Crippen LogP contribution in [0.15, 0.2) is 4.99 Å². The molecule has 1 saturated heterocycles. The van der Waals surface area contributed by atoms with E-state index < -0.39 is 42.7 Å². The monoisotopic (exact) mass is 291 g/mol. The predicted molar refractivity (Wildman–Crippen MR) is 68.3 cm³/mol. The third-order valence-electron chi connectivity index (χ3n) is 3.05. The Balaban J connectivity index is 2.82. The summed E-state index contributed by atoms with van der Waals surface area (Å²) in [5.41, 5.74) is 0. The molecule has 0 amide bonds. The number of aliphatic hydroxyl groups is 4. The largest absolute Gasteiger partial charge is 0.480 e. The van der Waals surface area contributed by atoms with Crippen LogP contribution in [0.3, 0.4) is 0 Å². The predicted octanol–water partition coefficient (Wildman–Crippen LogP) is -1.64. The van der Waals surface area contributed by atoms with Gasteiger partial charge in [-0.3, -0.25) is 4.99 Å². The molecule has 1 fully saturated rings. The summed E-state index contributed by atoms with van der Waals surface area (Å²) in [7, 11) is 0. The lowest BCUT2D eigenvalue weighted by Crippen LogP contribution is -2.61. The number of aliphatic imine (C=N–C) groups is 1. The van der Waals surface area contributed by atoms with Gasteiger partial charge in [-0.2, -0.15) is 0 Å². The Hall–Kier alpha value is -1.06. The molecule has 8 nitrogen and oxygen atoms in total. The van der Waals surface area contributed by atoms with Crippen molar-refractivity contribution in [3.05, 3.63) is 0 Å². The SMILES string of the molecule is CC(C)C[C@H](N=C[C@@]1(O)OC[C@@H](O)[C@@H](O)[C@@H]1O)C(=O)O. The lowest BCUT2D eigenvalue weighted by molar-refractivity contribution is -0.283. The summed E-state index contributed by atoms with van der Waals surface area (Å²) in [6, 6.07) is -1.08. The first-order valence-corrected chi connectivity index (χ1v) is 6.35. The Kier molecular flexibility index (Phi) is 5.60. The van der Waals surface area contributed by atoms with Crippen molar-refractivity contribution in [2.24, 2.45) is 10.9 Å². The molecule has 0 bridgehead atoms. The van der Waals surface area contributed by atoms with Crippen LogP contribution in [-0.4, -0.2) is 74.5 Å². The number of carboxylic acids is 1. The van der Waals surface area contributed by atoms with E-state index in [4.69, 9.17) is 9.84 Å². The van der Waals surface area contributed by atoms with Crippen molar-refractivity contribution in [1.82, 2.24) is 0 Å². The standard InChI is InChI=1S/C12H21NO7/c1-6(2)3-7(11(17)18)13-5-12(19)10(16)9(15)8(14)4-20-12/h5-10,14-16,19H,3-4H2,1-2H3,(H,17,18)/t7-,8+,9+,10-,12+/m0/s1. The number of hydrogen-bond donors (Lipinski definition) is 5. The van der Waals surface area contributed by atoms with E-state index in [1.807, 2.05) is 13.8 Å². The van der Waals surface area contributed by atoms with Crippen LogP contribution in [0.1, 0.15) is 20.3 Å². The number of nitrogens with zero attached hydrogens (tertiary/aromatic N) is 1. The molecule has 20 heavy (non-hydrogen) atoms. The number of ether oxygens (including phenoxy) is 1. The van der Waals surface area contributed by atoms with E-state index in [1.165, 1.54) is 0 Å². The Bertz CT molecular complexity index is 373. The van der Waals surface area contributed by atoms with E-state index in [1.54, 1.807) is 0 Å². The maximum atomic E-state index is 11.0. The molecule has 0 unspecified atom stereocenters. The zero-order valence-corrected chi connectivity index (χ0v) is 11.4. The van der Waals surface area contributed by atoms with Crippen molar-refractivity contribution in [2.45, 2.75) is 50.4 Å². The summed E-state index contributed by atoms with van der Waals surface area (Å²) in [5.74, 6) is -3.40. The summed E-state index contributed by atoms with van der Waals surface area (Å²) < 4.78 is 4.85. The number of aliphatic hydroxyl groups excluding tert-OH is 3. The van der Waals surface area contributed by atoms with Crippen LogP contribution in [0.4, 0.5) is 0 Å². The van der Waals surface area contributed by atoms with Gasteiger partial charge in [0.1, 0.15) is 24.4 Å². The molecule has 5 N–H and O–H groups in total. The van der Waals surface area contributed by atoms with Gasteiger partial charge in [0, 0.05) is 0 Å². The lowest BCUT2D eigenvalue weighted by atomic mass is 9.97. The summed E-state index contributed by atoms with van der Waals surface area (Å²) in [4.78, 5) is 14.7. The fourth-order valence-corrected chi connectivity index (χ4v) is 1.84. The Morgan fingerprint density at radius 2 is 2.05 bits per heavy atom. The van der Waals surface area contributed by atoms with Crippen LogP contribution in [0, 0.1) is 5.92 Å². The van der Waals surface area contributed by atoms with E-state index in [-0.39, 0.29) is 12.3 Å². The van der Waals surface area contributed by atoms with Crippen LogP contribution in [0.2, 0.25) is 0 Å². The first kappa shape index (κ1) is 17.0. The van der Waals surface area contributed by atoms with E-state index in [9.17, 15) is 25.2 Å². The van der Waals surface area contributed by atoms with Gasteiger partial charge >= 0.3 is 5.97 Å². The van der Waals surface area contributed by atoms with Crippen molar-refractivity contribution in [3.63, 3.8) is 0 Å². The maximum absolute atomic E-state index is 11.0. The van der Waals surface area contributed by atoms with Gasteiger partial charge in [0.2, 0.25) is 5.79 Å². The second kappa shape index (κ2) is 6.59. The highest BCUT2D eigenvalue weighted by Gasteiger charge is 2.47. The summed E-state index contributed by atoms with van der Waals surface area (Å²) in [5, 5.41) is 47.5. The Morgan fingerprint density at radius 1 is 1.45 bits per heavy atom. The van der Waals surface area contributed by atoms with Crippen molar-refractivity contribution >= 4 is 12.2 Å². The first-order chi connectivity index (χ1) is 9.17. The summed E-state index contributed by atoms with van der Waals surface area (Å²) >= 11 is 0. The van der Waals surface area contributed by atoms with Crippen LogP contribution in [0.25, 0.3) is 0 Å². The molecule has 0 aliphatic carbocycles. The van der Waals surface area contributed by atoms with Gasteiger partial charge in [-0.15, -0.1) is 0 Å². The molecule has 0 spiro atoms. The molecule has 0 radical (unpaired) electrons. The van der Waals surface area contributed by atoms with Crippen molar-refractivity contribution in [1.29, 1.82) is 0 Å². The van der Waals surface area contributed by atoms with Crippen LogP contribution in [0.5, 0.6) is 0 Å². The van der Waals surface area contributed by atoms with Crippen LogP contribution < -0.4 is 0 Å². The topological polar surface area (TPSA) is 140 Å². The third-order valence-corrected chi connectivity index (χ3v) is 3.05. The quantitative estimate of drug-likeness (QED) is 0.383. The van der Waals surface area contributed by atoms with Crippen LogP contribution in [-0.2, 0) is 9.53 Å². The molecule has 1 heterocycles. The third kappa shape index (κ3) is 3.97. The van der Waals surface area contributed by atoms with Gasteiger partial charge in [-0.05, 0) is 12.3 Å². The Morgan fingerprint density at radius 3 is 2.55 bits per heavy atom. The second-order valence-corrected chi connectivity index (χ2v) is 5.33. The minimum Gasteiger partial charge on any atom is -0.480 e. The number of hydrogen-bond acceptors (Lipinski definition) is 7. The molecular formula is C12H21NO7. The second-order valence-electron chi connectivity index (χ2n) is 5.33. The lowest BCUT2D eigenvalue weighted by Gasteiger charge is -2.39. The first-order valence-electron chi connectivity index (χ1n) is 6.35. The maximum Gasteiger partial charge on any atom is 0.328 e. The average Bonchev–Trinajstić information content (AvgIpc) is 2.36. The molecular weight excluding hydrogens is 270 g/mol. The molecule has 116 valence electrons. The smallest absolute Gasteiger partial charge is 0.328 e. The molecule has 1 aliphatic rings. The van der Waals surface area contributed by atoms with Gasteiger partial charge < -0.3 is 30.3 Å². The van der Waals surface area contributed by atoms with Crippen molar-refractivity contribution < 1.29 is 35.1 Å². The fourth-order valence-electron chi connectivity index (χ4n) is 1.84. The van der Waals surface area contributed by atoms with Crippen LogP contribution >= 0.6 is 0 Å². The molecule has 5 atom stereocenters. The molecule has 0 saturated carbocycles. The fraction of sp³-hybridized carbons (Fsp3) is 0.833. The van der Waals surface area contributed by atoms with Gasteiger partial charge in [-0.1, -0.05) is 13.8 Å². The molecule has 0 aromatic rings. The number of rotatable bonds is 5. The normalized spacial score (nSPS) is 36.5. The van der Waals surface area contributed by atoms with Gasteiger partial charge in [0.15, 0.2) is 0 Å². The zero-order valence-electron chi connectivity index (χ0n) is 11.4. The highest BCUT2D eigenvalue weighted by Crippen LogP contribution is 2.23. The average molecular weight is 291 g/mol. The molecule has 8 heteroatoms. The van der Waals surface area contributed by atoms with E-state index in [0.29, 0.717) is 0 Å². The molecule has 1 rings (SSSR count). The number of aliphatic carboxylic acids is 1. The minimum absolute atomic E-state index is 0.0764. The molecule has 0 aromatic carbocycles. The van der Waals surface area contributed by atoms with Gasteiger partial charge in [0.05, 0.1) is 12.8 Å². The zero-order chi connectivity index (χ0) is 15.5. The van der Waals surface area contributed by atoms with Gasteiger partial charge in [-0.25, -0.2) is 4.79 Å². The highest BCUT2D eigenvalue weighted by molar-refractivity contribution is 5.77. The van der Waals surface area contributed by atoms with Crippen molar-refractivity contribution in [2.75, 3.05) is 6.61 Å². The van der Waals surface area contributed by atoms with E-state index >= 15 is 0 Å². The minimum atomic E-state index is -2.32. The van der Waals surface area contributed by atoms with E-state index in [2.05, 4.69) is 4.99 Å². The van der Waals surface area contributed by atoms with Crippen molar-refractivity contribution in [3.8, 4) is 0 Å². The molecule has 0 aromatic heterocycles.